The molecular formula is C21H24F2N2O4S. The van der Waals surface area contributed by atoms with Gasteiger partial charge in [-0.05, 0) is 43.7 Å². The van der Waals surface area contributed by atoms with Gasteiger partial charge in [0.05, 0.1) is 22.8 Å². The summed E-state index contributed by atoms with van der Waals surface area (Å²) in [4.78, 5) is 14.0. The fourth-order valence-corrected chi connectivity index (χ4v) is 4.35. The number of sulfone groups is 1. The van der Waals surface area contributed by atoms with Gasteiger partial charge in [-0.2, -0.15) is 8.78 Å². The number of halogens is 2. The molecule has 1 fully saturated rings. The lowest BCUT2D eigenvalue weighted by Gasteiger charge is -2.35. The van der Waals surface area contributed by atoms with Crippen LogP contribution in [-0.4, -0.2) is 50.3 Å². The Hall–Kier alpha value is -2.52. The molecule has 1 amide bonds. The number of nitrogens with zero attached hydrogens (tertiary/aromatic N) is 1. The van der Waals surface area contributed by atoms with Crippen LogP contribution in [0.15, 0.2) is 53.4 Å². The van der Waals surface area contributed by atoms with Crippen molar-refractivity contribution in [1.82, 2.24) is 4.90 Å². The topological polar surface area (TPSA) is 75.7 Å². The molecule has 1 heterocycles. The Labute approximate surface area is 174 Å². The molecule has 6 nitrogen and oxygen atoms in total. The Balaban J connectivity index is 1.68. The molecule has 162 valence electrons. The summed E-state index contributed by atoms with van der Waals surface area (Å²) in [5, 5.41) is 2.89. The first-order chi connectivity index (χ1) is 14.2. The summed E-state index contributed by atoms with van der Waals surface area (Å²) in [6.07, 6.45) is -0.0449. The molecule has 0 bridgehead atoms. The highest BCUT2D eigenvalue weighted by molar-refractivity contribution is 7.91. The predicted molar refractivity (Wildman–Crippen MR) is 109 cm³/mol. The van der Waals surface area contributed by atoms with Gasteiger partial charge in [-0.1, -0.05) is 24.3 Å². The molecule has 1 aliphatic heterocycles. The van der Waals surface area contributed by atoms with Crippen LogP contribution in [0.5, 0.6) is 0 Å². The number of anilines is 1. The minimum Gasteiger partial charge on any atom is -0.380 e. The minimum absolute atomic E-state index is 0.0224. The van der Waals surface area contributed by atoms with Gasteiger partial charge in [0.25, 0.3) is 5.91 Å². The molecule has 2 aromatic carbocycles. The number of ether oxygens (including phenoxy) is 1. The molecule has 1 aliphatic rings. The van der Waals surface area contributed by atoms with Crippen LogP contribution in [0.4, 0.5) is 14.5 Å². The number of nitrogens with one attached hydrogen (secondary N) is 1. The van der Waals surface area contributed by atoms with E-state index in [2.05, 4.69) is 5.32 Å². The van der Waals surface area contributed by atoms with Crippen LogP contribution in [0, 0.1) is 0 Å². The standard InChI is InChI=1S/C21H24F2N2O4S/c1-14-12-25(13-15(2)29-14)20(26)17-9-7-16(8-10-17)11-24-18-5-3-4-6-19(18)30(27,28)21(22)23/h3-10,14-15,21,24H,11-13H2,1-2H3. The smallest absolute Gasteiger partial charge is 0.341 e. The van der Waals surface area contributed by atoms with Crippen molar-refractivity contribution in [2.24, 2.45) is 0 Å². The zero-order chi connectivity index (χ0) is 21.9. The summed E-state index contributed by atoms with van der Waals surface area (Å²) in [5.41, 5.74) is 1.43. The molecule has 30 heavy (non-hydrogen) atoms. The van der Waals surface area contributed by atoms with Crippen LogP contribution in [0.2, 0.25) is 0 Å². The summed E-state index contributed by atoms with van der Waals surface area (Å²) in [7, 11) is -4.71. The van der Waals surface area contributed by atoms with Crippen LogP contribution in [0.25, 0.3) is 0 Å². The van der Waals surface area contributed by atoms with Crippen molar-refractivity contribution >= 4 is 21.4 Å². The highest BCUT2D eigenvalue weighted by Gasteiger charge is 2.29. The monoisotopic (exact) mass is 438 g/mol. The van der Waals surface area contributed by atoms with Gasteiger partial charge < -0.3 is 15.0 Å². The molecule has 3 rings (SSSR count). The molecule has 0 aromatic heterocycles. The molecule has 0 spiro atoms. The number of hydrogen-bond donors (Lipinski definition) is 1. The van der Waals surface area contributed by atoms with Gasteiger partial charge in [0, 0.05) is 25.2 Å². The lowest BCUT2D eigenvalue weighted by Crippen LogP contribution is -2.48. The van der Waals surface area contributed by atoms with Crippen LogP contribution >= 0.6 is 0 Å². The van der Waals surface area contributed by atoms with Crippen molar-refractivity contribution < 1.29 is 26.7 Å². The Bertz CT molecular complexity index is 986. The number of amides is 1. The highest BCUT2D eigenvalue weighted by Crippen LogP contribution is 2.26. The second-order valence-electron chi connectivity index (χ2n) is 7.32. The molecule has 1 saturated heterocycles. The summed E-state index contributed by atoms with van der Waals surface area (Å²) >= 11 is 0. The Morgan fingerprint density at radius 2 is 1.70 bits per heavy atom. The SMILES string of the molecule is CC1CN(C(=O)c2ccc(CNc3ccccc3S(=O)(=O)C(F)F)cc2)CC(C)O1. The molecule has 0 saturated carbocycles. The van der Waals surface area contributed by atoms with E-state index >= 15 is 0 Å². The minimum atomic E-state index is -4.71. The molecule has 2 unspecified atom stereocenters. The maximum atomic E-state index is 12.9. The van der Waals surface area contributed by atoms with Gasteiger partial charge in [-0.25, -0.2) is 8.42 Å². The maximum Gasteiger partial charge on any atom is 0.341 e. The third kappa shape index (κ3) is 4.96. The maximum absolute atomic E-state index is 12.9. The predicted octanol–water partition coefficient (Wildman–Crippen LogP) is 3.54. The van der Waals surface area contributed by atoms with E-state index in [1.54, 1.807) is 35.2 Å². The Kier molecular flexibility index (Phi) is 6.72. The van der Waals surface area contributed by atoms with E-state index in [-0.39, 0.29) is 30.3 Å². The number of benzene rings is 2. The fraction of sp³-hybridized carbons (Fsp3) is 0.381. The number of alkyl halides is 2. The van der Waals surface area contributed by atoms with Crippen molar-refractivity contribution in [3.63, 3.8) is 0 Å². The van der Waals surface area contributed by atoms with Gasteiger partial charge in [-0.15, -0.1) is 0 Å². The molecule has 2 aromatic rings. The van der Waals surface area contributed by atoms with Crippen molar-refractivity contribution in [2.75, 3.05) is 18.4 Å². The number of morpholine rings is 1. The number of carbonyl (C=O) groups excluding carboxylic acids is 1. The first-order valence-electron chi connectivity index (χ1n) is 9.57. The first-order valence-corrected chi connectivity index (χ1v) is 11.1. The van der Waals surface area contributed by atoms with E-state index in [0.29, 0.717) is 18.7 Å². The van der Waals surface area contributed by atoms with E-state index < -0.39 is 20.5 Å². The van der Waals surface area contributed by atoms with Crippen LogP contribution in [0.3, 0.4) is 0 Å². The fourth-order valence-electron chi connectivity index (χ4n) is 3.45. The molecule has 0 aliphatic carbocycles. The van der Waals surface area contributed by atoms with Gasteiger partial charge in [0.1, 0.15) is 0 Å². The Morgan fingerprint density at radius 3 is 2.30 bits per heavy atom. The average molecular weight is 438 g/mol. The van der Waals surface area contributed by atoms with E-state index in [1.165, 1.54) is 12.1 Å². The molecule has 0 radical (unpaired) electrons. The van der Waals surface area contributed by atoms with Gasteiger partial charge in [0.15, 0.2) is 0 Å². The summed E-state index contributed by atoms with van der Waals surface area (Å²) in [6, 6.07) is 12.4. The number of carbonyl (C=O) groups is 1. The van der Waals surface area contributed by atoms with Crippen molar-refractivity contribution in [3.05, 3.63) is 59.7 Å². The van der Waals surface area contributed by atoms with Gasteiger partial charge >= 0.3 is 5.76 Å². The van der Waals surface area contributed by atoms with Crippen molar-refractivity contribution in [3.8, 4) is 0 Å². The second-order valence-corrected chi connectivity index (χ2v) is 9.21. The van der Waals surface area contributed by atoms with E-state index in [9.17, 15) is 22.0 Å². The van der Waals surface area contributed by atoms with E-state index in [4.69, 9.17) is 4.74 Å². The summed E-state index contributed by atoms with van der Waals surface area (Å²) < 4.78 is 55.1. The second kappa shape index (κ2) is 9.09. The van der Waals surface area contributed by atoms with E-state index in [1.807, 2.05) is 13.8 Å². The lowest BCUT2D eigenvalue weighted by molar-refractivity contribution is -0.0586. The van der Waals surface area contributed by atoms with Crippen LogP contribution < -0.4 is 5.32 Å². The summed E-state index contributed by atoms with van der Waals surface area (Å²) in [5.74, 6) is -3.57. The normalized spacial score (nSPS) is 19.7. The van der Waals surface area contributed by atoms with E-state index in [0.717, 1.165) is 11.6 Å². The molecule has 2 atom stereocenters. The lowest BCUT2D eigenvalue weighted by atomic mass is 10.1. The van der Waals surface area contributed by atoms with Crippen LogP contribution in [0.1, 0.15) is 29.8 Å². The third-order valence-electron chi connectivity index (χ3n) is 4.82. The van der Waals surface area contributed by atoms with Crippen molar-refractivity contribution in [1.29, 1.82) is 0 Å². The average Bonchev–Trinajstić information content (AvgIpc) is 2.71. The largest absolute Gasteiger partial charge is 0.380 e. The van der Waals surface area contributed by atoms with Crippen molar-refractivity contribution in [2.45, 2.75) is 43.3 Å². The quantitative estimate of drug-likeness (QED) is 0.747. The third-order valence-corrected chi connectivity index (χ3v) is 6.26. The first kappa shape index (κ1) is 22.2. The zero-order valence-electron chi connectivity index (χ0n) is 16.7. The molecule has 9 heteroatoms. The Morgan fingerprint density at radius 1 is 1.10 bits per heavy atom. The molecule has 1 N–H and O–H groups in total. The van der Waals surface area contributed by atoms with Crippen LogP contribution in [-0.2, 0) is 21.1 Å². The summed E-state index contributed by atoms with van der Waals surface area (Å²) in [6.45, 7) is 5.13. The number of rotatable bonds is 6. The number of para-hydroxylation sites is 1. The zero-order valence-corrected chi connectivity index (χ0v) is 17.5. The highest BCUT2D eigenvalue weighted by atomic mass is 32.2. The molecular weight excluding hydrogens is 414 g/mol. The number of hydrogen-bond acceptors (Lipinski definition) is 5. The van der Waals surface area contributed by atoms with Gasteiger partial charge in [-0.3, -0.25) is 4.79 Å². The van der Waals surface area contributed by atoms with Gasteiger partial charge in [0.2, 0.25) is 9.84 Å².